The number of ether oxygens (including phenoxy) is 1. The van der Waals surface area contributed by atoms with E-state index in [0.29, 0.717) is 15.8 Å². The Balaban J connectivity index is 2.21. The number of carboxylic acids is 1. The van der Waals surface area contributed by atoms with E-state index in [9.17, 15) is 4.79 Å². The maximum atomic E-state index is 10.6. The molecule has 0 saturated carbocycles. The van der Waals surface area contributed by atoms with Gasteiger partial charge in [0.25, 0.3) is 0 Å². The van der Waals surface area contributed by atoms with E-state index in [4.69, 9.17) is 33.0 Å². The number of hydrogen-bond acceptors (Lipinski definition) is 4. The summed E-state index contributed by atoms with van der Waals surface area (Å²) in [5, 5.41) is 9.48. The summed E-state index contributed by atoms with van der Waals surface area (Å²) in [6.45, 7) is 0. The van der Waals surface area contributed by atoms with Crippen LogP contribution in [0.25, 0.3) is 0 Å². The van der Waals surface area contributed by atoms with Gasteiger partial charge in [0.1, 0.15) is 5.75 Å². The molecule has 0 spiro atoms. The van der Waals surface area contributed by atoms with Gasteiger partial charge in [0.2, 0.25) is 0 Å². The number of aromatic nitrogens is 2. The first-order valence-electron chi connectivity index (χ1n) is 4.74. The van der Waals surface area contributed by atoms with E-state index in [1.165, 1.54) is 6.07 Å². The Labute approximate surface area is 112 Å². The third-order valence-corrected chi connectivity index (χ3v) is 2.50. The number of hydrogen-bond donors (Lipinski definition) is 1. The summed E-state index contributed by atoms with van der Waals surface area (Å²) in [6.07, 6.45) is 2.29. The lowest BCUT2D eigenvalue weighted by molar-refractivity contribution is 0.0696. The number of halogens is 2. The lowest BCUT2D eigenvalue weighted by Crippen LogP contribution is -1.99. The highest BCUT2D eigenvalue weighted by molar-refractivity contribution is 6.35. The molecule has 0 aliphatic heterocycles. The minimum absolute atomic E-state index is 0.00391. The minimum Gasteiger partial charge on any atom is -0.478 e. The Hall–Kier alpha value is -1.85. The number of rotatable bonds is 3. The van der Waals surface area contributed by atoms with Crippen LogP contribution in [0.2, 0.25) is 10.0 Å². The zero-order valence-electron chi connectivity index (χ0n) is 8.80. The molecule has 2 rings (SSSR count). The van der Waals surface area contributed by atoms with Crippen LogP contribution < -0.4 is 4.74 Å². The van der Waals surface area contributed by atoms with Crippen molar-refractivity contribution in [2.75, 3.05) is 0 Å². The van der Waals surface area contributed by atoms with Crippen LogP contribution in [0, 0.1) is 0 Å². The van der Waals surface area contributed by atoms with Crippen LogP contribution in [-0.2, 0) is 0 Å². The third-order valence-electron chi connectivity index (χ3n) is 1.97. The molecule has 0 unspecified atom stereocenters. The van der Waals surface area contributed by atoms with E-state index in [1.807, 2.05) is 0 Å². The standard InChI is InChI=1S/C11H6Cl2N2O3/c12-7-1-2-9(8(13)3-7)18-11-14-4-6(5-15-11)10(16)17/h1-5H,(H,16,17). The van der Waals surface area contributed by atoms with Crippen LogP contribution in [0.1, 0.15) is 10.4 Å². The Morgan fingerprint density at radius 3 is 2.44 bits per heavy atom. The van der Waals surface area contributed by atoms with Gasteiger partial charge in [0.05, 0.1) is 10.6 Å². The molecule has 7 heteroatoms. The summed E-state index contributed by atoms with van der Waals surface area (Å²) < 4.78 is 5.29. The van der Waals surface area contributed by atoms with Gasteiger partial charge < -0.3 is 9.84 Å². The minimum atomic E-state index is -1.11. The Morgan fingerprint density at radius 2 is 1.89 bits per heavy atom. The molecule has 92 valence electrons. The molecule has 1 N–H and O–H groups in total. The van der Waals surface area contributed by atoms with Crippen LogP contribution in [0.15, 0.2) is 30.6 Å². The largest absolute Gasteiger partial charge is 0.478 e. The SMILES string of the molecule is O=C(O)c1cnc(Oc2ccc(Cl)cc2Cl)nc1. The van der Waals surface area contributed by atoms with E-state index < -0.39 is 5.97 Å². The van der Waals surface area contributed by atoms with Crippen LogP contribution in [0.5, 0.6) is 11.8 Å². The average molecular weight is 285 g/mol. The molecule has 1 aromatic heterocycles. The fourth-order valence-electron chi connectivity index (χ4n) is 1.14. The number of nitrogens with zero attached hydrogens (tertiary/aromatic N) is 2. The van der Waals surface area contributed by atoms with Crippen LogP contribution in [0.3, 0.4) is 0 Å². The second-order valence-corrected chi connectivity index (χ2v) is 4.08. The second kappa shape index (κ2) is 5.20. The first-order chi connectivity index (χ1) is 8.56. The molecule has 18 heavy (non-hydrogen) atoms. The Kier molecular flexibility index (Phi) is 3.64. The van der Waals surface area contributed by atoms with Crippen molar-refractivity contribution in [3.8, 4) is 11.8 Å². The monoisotopic (exact) mass is 284 g/mol. The van der Waals surface area contributed by atoms with Gasteiger partial charge in [-0.2, -0.15) is 0 Å². The maximum absolute atomic E-state index is 10.6. The highest BCUT2D eigenvalue weighted by atomic mass is 35.5. The number of carbonyl (C=O) groups is 1. The molecule has 0 bridgehead atoms. The molecule has 0 saturated heterocycles. The normalized spacial score (nSPS) is 10.1. The molecule has 2 aromatic rings. The molecule has 0 radical (unpaired) electrons. The smallest absolute Gasteiger partial charge is 0.338 e. The van der Waals surface area contributed by atoms with E-state index in [0.717, 1.165) is 12.4 Å². The van der Waals surface area contributed by atoms with Gasteiger partial charge in [-0.25, -0.2) is 14.8 Å². The first-order valence-corrected chi connectivity index (χ1v) is 5.50. The molecule has 0 aliphatic carbocycles. The molecule has 0 amide bonds. The lowest BCUT2D eigenvalue weighted by atomic mass is 10.3. The predicted molar refractivity (Wildman–Crippen MR) is 65.5 cm³/mol. The van der Waals surface area contributed by atoms with E-state index in [1.54, 1.807) is 12.1 Å². The van der Waals surface area contributed by atoms with E-state index in [-0.39, 0.29) is 11.6 Å². The molecule has 0 aliphatic rings. The van der Waals surface area contributed by atoms with Gasteiger partial charge in [0, 0.05) is 17.4 Å². The Bertz CT molecular complexity index is 587. The van der Waals surface area contributed by atoms with Gasteiger partial charge in [-0.15, -0.1) is 0 Å². The number of benzene rings is 1. The topological polar surface area (TPSA) is 72.3 Å². The molecule has 1 aromatic carbocycles. The van der Waals surface area contributed by atoms with Crippen LogP contribution in [-0.4, -0.2) is 21.0 Å². The third kappa shape index (κ3) is 2.88. The highest BCUT2D eigenvalue weighted by Gasteiger charge is 2.08. The van der Waals surface area contributed by atoms with E-state index in [2.05, 4.69) is 9.97 Å². The van der Waals surface area contributed by atoms with Crippen molar-refractivity contribution in [1.29, 1.82) is 0 Å². The van der Waals surface area contributed by atoms with Crippen molar-refractivity contribution in [3.05, 3.63) is 46.2 Å². The van der Waals surface area contributed by atoms with Crippen LogP contribution >= 0.6 is 23.2 Å². The van der Waals surface area contributed by atoms with Crippen molar-refractivity contribution in [2.45, 2.75) is 0 Å². The van der Waals surface area contributed by atoms with Gasteiger partial charge in [-0.3, -0.25) is 0 Å². The fourth-order valence-corrected chi connectivity index (χ4v) is 1.58. The summed E-state index contributed by atoms with van der Waals surface area (Å²) >= 11 is 11.6. The van der Waals surface area contributed by atoms with Crippen molar-refractivity contribution in [2.24, 2.45) is 0 Å². The molecule has 1 heterocycles. The van der Waals surface area contributed by atoms with Crippen molar-refractivity contribution >= 4 is 29.2 Å². The summed E-state index contributed by atoms with van der Waals surface area (Å²) in [4.78, 5) is 18.1. The summed E-state index contributed by atoms with van der Waals surface area (Å²) in [5.74, 6) is -0.768. The van der Waals surface area contributed by atoms with Gasteiger partial charge >= 0.3 is 12.0 Å². The quantitative estimate of drug-likeness (QED) is 0.936. The maximum Gasteiger partial charge on any atom is 0.338 e. The van der Waals surface area contributed by atoms with Gasteiger partial charge in [-0.1, -0.05) is 23.2 Å². The second-order valence-electron chi connectivity index (χ2n) is 3.24. The number of carboxylic acid groups (broad SMARTS) is 1. The van der Waals surface area contributed by atoms with Crippen LogP contribution in [0.4, 0.5) is 0 Å². The summed E-state index contributed by atoms with van der Waals surface area (Å²) in [7, 11) is 0. The fraction of sp³-hybridized carbons (Fsp3) is 0. The summed E-state index contributed by atoms with van der Waals surface area (Å²) in [5.41, 5.74) is -0.0236. The van der Waals surface area contributed by atoms with E-state index >= 15 is 0 Å². The molecule has 0 atom stereocenters. The molecule has 0 fully saturated rings. The molecular weight excluding hydrogens is 279 g/mol. The Morgan fingerprint density at radius 1 is 1.22 bits per heavy atom. The van der Waals surface area contributed by atoms with Crippen molar-refractivity contribution in [1.82, 2.24) is 9.97 Å². The zero-order chi connectivity index (χ0) is 13.1. The lowest BCUT2D eigenvalue weighted by Gasteiger charge is -2.05. The zero-order valence-corrected chi connectivity index (χ0v) is 10.3. The van der Waals surface area contributed by atoms with Gasteiger partial charge in [-0.05, 0) is 18.2 Å². The highest BCUT2D eigenvalue weighted by Crippen LogP contribution is 2.29. The summed E-state index contributed by atoms with van der Waals surface area (Å²) in [6, 6.07) is 4.70. The molecular formula is C11H6Cl2N2O3. The predicted octanol–water partition coefficient (Wildman–Crippen LogP) is 3.27. The van der Waals surface area contributed by atoms with Crippen molar-refractivity contribution < 1.29 is 14.6 Å². The van der Waals surface area contributed by atoms with Gasteiger partial charge in [0.15, 0.2) is 0 Å². The average Bonchev–Trinajstić information content (AvgIpc) is 2.33. The number of aromatic carboxylic acids is 1. The van der Waals surface area contributed by atoms with Crippen molar-refractivity contribution in [3.63, 3.8) is 0 Å². The molecule has 5 nitrogen and oxygen atoms in total. The first kappa shape index (κ1) is 12.6.